The van der Waals surface area contributed by atoms with Gasteiger partial charge in [0, 0.05) is 6.61 Å². The van der Waals surface area contributed by atoms with Gasteiger partial charge < -0.3 is 5.11 Å². The predicted molar refractivity (Wildman–Crippen MR) is 69.2 cm³/mol. The molecular weight excluding hydrogens is 226 g/mol. The van der Waals surface area contributed by atoms with E-state index in [1.165, 1.54) is 24.2 Å². The summed E-state index contributed by atoms with van der Waals surface area (Å²) in [6, 6.07) is 0. The summed E-state index contributed by atoms with van der Waals surface area (Å²) in [7, 11) is 0. The third-order valence-electron chi connectivity index (χ3n) is 4.63. The minimum atomic E-state index is 0.0130. The van der Waals surface area contributed by atoms with Crippen molar-refractivity contribution in [2.75, 3.05) is 6.61 Å². The summed E-state index contributed by atoms with van der Waals surface area (Å²) in [6.07, 6.45) is 4.46. The van der Waals surface area contributed by atoms with Gasteiger partial charge in [-0.05, 0) is 64.2 Å². The zero-order valence-electron chi connectivity index (χ0n) is 11.6. The molecule has 0 bridgehead atoms. The van der Waals surface area contributed by atoms with Gasteiger partial charge in [0.25, 0.3) is 0 Å². The summed E-state index contributed by atoms with van der Waals surface area (Å²) in [5.74, 6) is 2.04. The van der Waals surface area contributed by atoms with Gasteiger partial charge >= 0.3 is 0 Å². The number of aliphatic hydroxyl groups excluding tert-OH is 1. The van der Waals surface area contributed by atoms with E-state index in [2.05, 4.69) is 35.8 Å². The fourth-order valence-corrected chi connectivity index (χ4v) is 3.57. The summed E-state index contributed by atoms with van der Waals surface area (Å²) in [4.78, 5) is 0. The Labute approximate surface area is 108 Å². The number of nitrogens with zero attached hydrogens (tertiary/aromatic N) is 3. The summed E-state index contributed by atoms with van der Waals surface area (Å²) < 4.78 is 2.10. The van der Waals surface area contributed by atoms with Crippen LogP contribution >= 0.6 is 0 Å². The number of aromatic nitrogens is 3. The molecule has 1 fully saturated rings. The Morgan fingerprint density at radius 3 is 2.50 bits per heavy atom. The van der Waals surface area contributed by atoms with Gasteiger partial charge in [0.1, 0.15) is 0 Å². The van der Waals surface area contributed by atoms with Crippen LogP contribution in [0, 0.1) is 17.8 Å². The first-order chi connectivity index (χ1) is 8.52. The monoisotopic (exact) mass is 249 g/mol. The molecule has 4 heteroatoms. The highest BCUT2D eigenvalue weighted by molar-refractivity contribution is 5.16. The van der Waals surface area contributed by atoms with Crippen LogP contribution in [0.1, 0.15) is 45.0 Å². The number of rotatable bonds is 1. The minimum Gasteiger partial charge on any atom is -0.396 e. The van der Waals surface area contributed by atoms with Crippen molar-refractivity contribution in [1.82, 2.24) is 15.0 Å². The average molecular weight is 249 g/mol. The second-order valence-corrected chi connectivity index (χ2v) is 6.82. The molecule has 1 saturated carbocycles. The summed E-state index contributed by atoms with van der Waals surface area (Å²) in [5.41, 5.74) is 2.52. The lowest BCUT2D eigenvalue weighted by atomic mass is 10.00. The van der Waals surface area contributed by atoms with Crippen LogP contribution in [0.4, 0.5) is 0 Å². The molecule has 0 aliphatic heterocycles. The smallest absolute Gasteiger partial charge is 0.0859 e. The number of fused-ring (bicyclic) bond motifs is 2. The maximum absolute atomic E-state index is 9.34. The fraction of sp³-hybridized carbons (Fsp3) is 0.857. The van der Waals surface area contributed by atoms with E-state index in [0.717, 1.165) is 24.7 Å². The van der Waals surface area contributed by atoms with Crippen LogP contribution in [-0.2, 0) is 18.4 Å². The molecule has 1 aromatic heterocycles. The molecular formula is C14H23N3O. The van der Waals surface area contributed by atoms with E-state index in [1.807, 2.05) is 0 Å². The highest BCUT2D eigenvalue weighted by atomic mass is 16.3. The van der Waals surface area contributed by atoms with Crippen LogP contribution in [0.2, 0.25) is 0 Å². The van der Waals surface area contributed by atoms with E-state index in [0.29, 0.717) is 12.5 Å². The maximum Gasteiger partial charge on any atom is 0.0859 e. The van der Waals surface area contributed by atoms with Gasteiger partial charge in [-0.25, -0.2) is 4.68 Å². The van der Waals surface area contributed by atoms with Crippen molar-refractivity contribution in [2.45, 2.75) is 52.0 Å². The van der Waals surface area contributed by atoms with Crippen molar-refractivity contribution < 1.29 is 5.11 Å². The normalized spacial score (nSPS) is 31.2. The Hall–Kier alpha value is -0.900. The average Bonchev–Trinajstić information content (AvgIpc) is 2.76. The predicted octanol–water partition coefficient (Wildman–Crippen LogP) is 1.77. The Bertz CT molecular complexity index is 446. The van der Waals surface area contributed by atoms with Crippen LogP contribution in [0.25, 0.3) is 0 Å². The summed E-state index contributed by atoms with van der Waals surface area (Å²) in [6.45, 7) is 6.90. The van der Waals surface area contributed by atoms with Crippen LogP contribution in [-0.4, -0.2) is 26.7 Å². The van der Waals surface area contributed by atoms with Crippen LogP contribution < -0.4 is 0 Å². The highest BCUT2D eigenvalue weighted by Gasteiger charge is 2.49. The third-order valence-corrected chi connectivity index (χ3v) is 4.63. The van der Waals surface area contributed by atoms with Gasteiger partial charge in [-0.2, -0.15) is 0 Å². The zero-order valence-corrected chi connectivity index (χ0v) is 11.6. The molecule has 0 radical (unpaired) electrons. The molecule has 18 heavy (non-hydrogen) atoms. The molecule has 1 heterocycles. The van der Waals surface area contributed by atoms with Crippen molar-refractivity contribution in [1.29, 1.82) is 0 Å². The lowest BCUT2D eigenvalue weighted by molar-refractivity contribution is 0.261. The van der Waals surface area contributed by atoms with Crippen molar-refractivity contribution in [2.24, 2.45) is 17.8 Å². The lowest BCUT2D eigenvalue weighted by Gasteiger charge is -2.22. The molecule has 3 atom stereocenters. The second kappa shape index (κ2) is 4.05. The number of aryl methyl sites for hydroxylation is 1. The summed E-state index contributed by atoms with van der Waals surface area (Å²) >= 11 is 0. The van der Waals surface area contributed by atoms with Crippen LogP contribution in [0.5, 0.6) is 0 Å². The van der Waals surface area contributed by atoms with Crippen molar-refractivity contribution >= 4 is 0 Å². The minimum absolute atomic E-state index is 0.0130. The first-order valence-corrected chi connectivity index (χ1v) is 7.07. The maximum atomic E-state index is 9.34. The van der Waals surface area contributed by atoms with Gasteiger partial charge in [-0.3, -0.25) is 0 Å². The van der Waals surface area contributed by atoms with E-state index in [-0.39, 0.29) is 5.54 Å². The molecule has 0 saturated heterocycles. The van der Waals surface area contributed by atoms with Gasteiger partial charge in [0.15, 0.2) is 0 Å². The van der Waals surface area contributed by atoms with Crippen molar-refractivity contribution in [3.63, 3.8) is 0 Å². The SMILES string of the molecule is CC(C)(C)n1nnc2c1CC[C@@H]1[C@H](CO)[C@@H]1CC2. The zero-order chi connectivity index (χ0) is 12.9. The molecule has 0 amide bonds. The van der Waals surface area contributed by atoms with Crippen molar-refractivity contribution in [3.05, 3.63) is 11.4 Å². The Morgan fingerprint density at radius 2 is 1.89 bits per heavy atom. The molecule has 2 aliphatic rings. The molecule has 1 N–H and O–H groups in total. The standard InChI is InChI=1S/C14H23N3O/c1-14(2,3)17-13-7-5-10-9(11(10)8-18)4-6-12(13)15-16-17/h9-11,18H,4-8H2,1-3H3/t9-,10+,11-/m1/s1. The first kappa shape index (κ1) is 12.2. The van der Waals surface area contributed by atoms with Crippen LogP contribution in [0.15, 0.2) is 0 Å². The topological polar surface area (TPSA) is 50.9 Å². The Balaban J connectivity index is 1.85. The molecule has 4 nitrogen and oxygen atoms in total. The number of aliphatic hydroxyl groups is 1. The molecule has 100 valence electrons. The van der Waals surface area contributed by atoms with Crippen LogP contribution in [0.3, 0.4) is 0 Å². The third kappa shape index (κ3) is 1.87. The van der Waals surface area contributed by atoms with E-state index >= 15 is 0 Å². The van der Waals surface area contributed by atoms with E-state index < -0.39 is 0 Å². The molecule has 0 aromatic carbocycles. The molecule has 0 unspecified atom stereocenters. The molecule has 0 spiro atoms. The Morgan fingerprint density at radius 1 is 1.22 bits per heavy atom. The van der Waals surface area contributed by atoms with Gasteiger partial charge in [0.2, 0.25) is 0 Å². The van der Waals surface area contributed by atoms with Gasteiger partial charge in [0.05, 0.1) is 16.9 Å². The molecule has 1 aromatic rings. The summed E-state index contributed by atoms with van der Waals surface area (Å²) in [5, 5.41) is 18.1. The molecule has 2 aliphatic carbocycles. The molecule has 3 rings (SSSR count). The van der Waals surface area contributed by atoms with Crippen molar-refractivity contribution in [3.8, 4) is 0 Å². The fourth-order valence-electron chi connectivity index (χ4n) is 3.57. The van der Waals surface area contributed by atoms with Gasteiger partial charge in [-0.15, -0.1) is 5.10 Å². The quantitative estimate of drug-likeness (QED) is 0.825. The first-order valence-electron chi connectivity index (χ1n) is 7.07. The van der Waals surface area contributed by atoms with E-state index in [4.69, 9.17) is 0 Å². The Kier molecular flexibility index (Phi) is 2.73. The number of hydrogen-bond donors (Lipinski definition) is 1. The largest absolute Gasteiger partial charge is 0.396 e. The second-order valence-electron chi connectivity index (χ2n) is 6.82. The number of hydrogen-bond acceptors (Lipinski definition) is 3. The van der Waals surface area contributed by atoms with E-state index in [9.17, 15) is 5.11 Å². The highest BCUT2D eigenvalue weighted by Crippen LogP contribution is 2.52. The lowest BCUT2D eigenvalue weighted by Crippen LogP contribution is -2.26. The van der Waals surface area contributed by atoms with Gasteiger partial charge in [-0.1, -0.05) is 5.21 Å². The van der Waals surface area contributed by atoms with E-state index in [1.54, 1.807) is 0 Å².